The SMILES string of the molecule is CCc1ccc(=O)n(C2COC2)c1. The van der Waals surface area contributed by atoms with Crippen molar-refractivity contribution in [1.82, 2.24) is 4.57 Å². The van der Waals surface area contributed by atoms with Crippen LogP contribution in [0.25, 0.3) is 0 Å². The van der Waals surface area contributed by atoms with Gasteiger partial charge >= 0.3 is 0 Å². The van der Waals surface area contributed by atoms with Crippen molar-refractivity contribution in [2.24, 2.45) is 0 Å². The van der Waals surface area contributed by atoms with E-state index in [2.05, 4.69) is 6.92 Å². The van der Waals surface area contributed by atoms with E-state index in [1.165, 1.54) is 5.56 Å². The van der Waals surface area contributed by atoms with Gasteiger partial charge in [0.1, 0.15) is 0 Å². The van der Waals surface area contributed by atoms with Gasteiger partial charge in [-0.25, -0.2) is 0 Å². The van der Waals surface area contributed by atoms with Crippen molar-refractivity contribution in [2.45, 2.75) is 19.4 Å². The van der Waals surface area contributed by atoms with Crippen molar-refractivity contribution in [3.8, 4) is 0 Å². The molecule has 0 aliphatic carbocycles. The molecular formula is C10H13NO2. The first-order valence-electron chi connectivity index (χ1n) is 4.60. The van der Waals surface area contributed by atoms with Gasteiger partial charge in [-0.05, 0) is 12.0 Å². The minimum absolute atomic E-state index is 0.0745. The van der Waals surface area contributed by atoms with Crippen molar-refractivity contribution in [3.05, 3.63) is 34.2 Å². The number of nitrogens with zero attached hydrogens (tertiary/aromatic N) is 1. The molecule has 1 saturated heterocycles. The fraction of sp³-hybridized carbons (Fsp3) is 0.500. The molecule has 1 aliphatic rings. The molecule has 1 aliphatic heterocycles. The summed E-state index contributed by atoms with van der Waals surface area (Å²) in [7, 11) is 0. The van der Waals surface area contributed by atoms with Crippen molar-refractivity contribution >= 4 is 0 Å². The lowest BCUT2D eigenvalue weighted by molar-refractivity contribution is -0.0249. The lowest BCUT2D eigenvalue weighted by Gasteiger charge is -2.28. The minimum atomic E-state index is 0.0745. The highest BCUT2D eigenvalue weighted by molar-refractivity contribution is 5.10. The first-order chi connectivity index (χ1) is 6.31. The molecule has 0 unspecified atom stereocenters. The molecule has 0 atom stereocenters. The summed E-state index contributed by atoms with van der Waals surface area (Å²) < 4.78 is 6.84. The molecule has 0 spiro atoms. The zero-order valence-corrected chi connectivity index (χ0v) is 7.69. The van der Waals surface area contributed by atoms with Crippen LogP contribution in [0.4, 0.5) is 0 Å². The summed E-state index contributed by atoms with van der Waals surface area (Å²) >= 11 is 0. The van der Waals surface area contributed by atoms with Gasteiger partial charge in [-0.2, -0.15) is 0 Å². The van der Waals surface area contributed by atoms with Crippen LogP contribution in [-0.4, -0.2) is 17.8 Å². The molecule has 3 nitrogen and oxygen atoms in total. The van der Waals surface area contributed by atoms with E-state index >= 15 is 0 Å². The molecule has 0 amide bonds. The summed E-state index contributed by atoms with van der Waals surface area (Å²) in [5.74, 6) is 0. The molecule has 0 N–H and O–H groups in total. The molecule has 2 heterocycles. The van der Waals surface area contributed by atoms with Gasteiger partial charge in [0.2, 0.25) is 0 Å². The van der Waals surface area contributed by atoms with Crippen LogP contribution in [0.15, 0.2) is 23.1 Å². The molecular weight excluding hydrogens is 166 g/mol. The van der Waals surface area contributed by atoms with Crippen LogP contribution in [0.2, 0.25) is 0 Å². The number of aryl methyl sites for hydroxylation is 1. The Kier molecular flexibility index (Phi) is 2.19. The Bertz CT molecular complexity index is 352. The molecule has 3 heteroatoms. The van der Waals surface area contributed by atoms with Gasteiger partial charge in [0, 0.05) is 12.3 Å². The third-order valence-electron chi connectivity index (χ3n) is 2.42. The van der Waals surface area contributed by atoms with Crippen LogP contribution >= 0.6 is 0 Å². The monoisotopic (exact) mass is 179 g/mol. The topological polar surface area (TPSA) is 31.2 Å². The first kappa shape index (κ1) is 8.51. The number of hydrogen-bond donors (Lipinski definition) is 0. The Morgan fingerprint density at radius 1 is 1.54 bits per heavy atom. The fourth-order valence-corrected chi connectivity index (χ4v) is 1.43. The van der Waals surface area contributed by atoms with Crippen molar-refractivity contribution in [2.75, 3.05) is 13.2 Å². The fourth-order valence-electron chi connectivity index (χ4n) is 1.43. The molecule has 0 radical (unpaired) electrons. The summed E-state index contributed by atoms with van der Waals surface area (Å²) in [5.41, 5.74) is 1.28. The van der Waals surface area contributed by atoms with E-state index in [4.69, 9.17) is 4.74 Å². The number of rotatable bonds is 2. The van der Waals surface area contributed by atoms with E-state index in [0.717, 1.165) is 6.42 Å². The van der Waals surface area contributed by atoms with E-state index in [-0.39, 0.29) is 11.6 Å². The summed E-state index contributed by atoms with van der Waals surface area (Å²) in [6, 6.07) is 3.79. The van der Waals surface area contributed by atoms with Gasteiger partial charge in [0.25, 0.3) is 5.56 Å². The molecule has 70 valence electrons. The summed E-state index contributed by atoms with van der Waals surface area (Å²) in [5, 5.41) is 0. The number of pyridine rings is 1. The maximum absolute atomic E-state index is 11.4. The number of aromatic nitrogens is 1. The molecule has 1 fully saturated rings. The summed E-state index contributed by atoms with van der Waals surface area (Å²) in [6.45, 7) is 3.43. The molecule has 2 rings (SSSR count). The van der Waals surface area contributed by atoms with Crippen molar-refractivity contribution in [3.63, 3.8) is 0 Å². The second kappa shape index (κ2) is 3.34. The molecule has 1 aromatic rings. The first-order valence-corrected chi connectivity index (χ1v) is 4.60. The van der Waals surface area contributed by atoms with Crippen LogP contribution in [0.5, 0.6) is 0 Å². The molecule has 0 saturated carbocycles. The van der Waals surface area contributed by atoms with Gasteiger partial charge in [0.15, 0.2) is 0 Å². The molecule has 13 heavy (non-hydrogen) atoms. The van der Waals surface area contributed by atoms with Crippen LogP contribution in [0.3, 0.4) is 0 Å². The normalized spacial score (nSPS) is 17.0. The van der Waals surface area contributed by atoms with E-state index in [1.54, 1.807) is 10.6 Å². The second-order valence-corrected chi connectivity index (χ2v) is 3.33. The molecule has 0 bridgehead atoms. The summed E-state index contributed by atoms with van der Waals surface area (Å²) in [4.78, 5) is 11.4. The number of ether oxygens (including phenoxy) is 1. The zero-order valence-electron chi connectivity index (χ0n) is 7.69. The summed E-state index contributed by atoms with van der Waals surface area (Å²) in [6.07, 6.45) is 2.91. The predicted octanol–water partition coefficient (Wildman–Crippen LogP) is 0.982. The van der Waals surface area contributed by atoms with Crippen LogP contribution in [0.1, 0.15) is 18.5 Å². The third-order valence-corrected chi connectivity index (χ3v) is 2.42. The van der Waals surface area contributed by atoms with E-state index in [9.17, 15) is 4.79 Å². The standard InChI is InChI=1S/C10H13NO2/c1-2-8-3-4-10(12)11(5-8)9-6-13-7-9/h3-5,9H,2,6-7H2,1H3. The smallest absolute Gasteiger partial charge is 0.250 e. The maximum atomic E-state index is 11.4. The van der Waals surface area contributed by atoms with Crippen molar-refractivity contribution < 1.29 is 4.74 Å². The minimum Gasteiger partial charge on any atom is -0.377 e. The van der Waals surface area contributed by atoms with Gasteiger partial charge in [0.05, 0.1) is 19.3 Å². The Labute approximate surface area is 77.0 Å². The van der Waals surface area contributed by atoms with Gasteiger partial charge in [-0.15, -0.1) is 0 Å². The van der Waals surface area contributed by atoms with Crippen LogP contribution < -0.4 is 5.56 Å². The van der Waals surface area contributed by atoms with E-state index in [1.807, 2.05) is 12.3 Å². The quantitative estimate of drug-likeness (QED) is 0.677. The lowest BCUT2D eigenvalue weighted by Crippen LogP contribution is -2.36. The van der Waals surface area contributed by atoms with E-state index < -0.39 is 0 Å². The lowest BCUT2D eigenvalue weighted by atomic mass is 10.2. The van der Waals surface area contributed by atoms with Gasteiger partial charge < -0.3 is 9.30 Å². The maximum Gasteiger partial charge on any atom is 0.250 e. The average Bonchev–Trinajstić information content (AvgIpc) is 2.06. The highest BCUT2D eigenvalue weighted by Gasteiger charge is 2.20. The predicted molar refractivity (Wildman–Crippen MR) is 49.9 cm³/mol. The highest BCUT2D eigenvalue weighted by atomic mass is 16.5. The van der Waals surface area contributed by atoms with Gasteiger partial charge in [-0.3, -0.25) is 4.79 Å². The largest absolute Gasteiger partial charge is 0.377 e. The zero-order chi connectivity index (χ0) is 9.26. The molecule has 0 aromatic carbocycles. The highest BCUT2D eigenvalue weighted by Crippen LogP contribution is 2.14. The Hall–Kier alpha value is -1.09. The Morgan fingerprint density at radius 3 is 2.85 bits per heavy atom. The van der Waals surface area contributed by atoms with Crippen LogP contribution in [-0.2, 0) is 11.2 Å². The average molecular weight is 179 g/mol. The third kappa shape index (κ3) is 1.52. The molecule has 1 aromatic heterocycles. The van der Waals surface area contributed by atoms with Crippen LogP contribution in [0, 0.1) is 0 Å². The van der Waals surface area contributed by atoms with Crippen molar-refractivity contribution in [1.29, 1.82) is 0 Å². The Balaban J connectivity index is 2.36. The number of hydrogen-bond acceptors (Lipinski definition) is 2. The second-order valence-electron chi connectivity index (χ2n) is 3.33. The van der Waals surface area contributed by atoms with Gasteiger partial charge in [-0.1, -0.05) is 13.0 Å². The van der Waals surface area contributed by atoms with E-state index in [0.29, 0.717) is 13.2 Å². The Morgan fingerprint density at radius 2 is 2.31 bits per heavy atom.